The third-order valence-corrected chi connectivity index (χ3v) is 4.24. The third-order valence-electron chi connectivity index (χ3n) is 4.24. The topological polar surface area (TPSA) is 49.3 Å². The first kappa shape index (κ1) is 12.7. The van der Waals surface area contributed by atoms with E-state index < -0.39 is 17.7 Å². The van der Waals surface area contributed by atoms with Crippen LogP contribution >= 0.6 is 0 Å². The molecule has 3 saturated carbocycles. The molecule has 0 spiro atoms. The minimum atomic E-state index is -4.80. The van der Waals surface area contributed by atoms with E-state index in [1.54, 1.807) is 0 Å². The molecule has 0 aromatic rings. The number of carbonyl (C=O) groups is 1. The Balaban J connectivity index is 1.90. The van der Waals surface area contributed by atoms with Gasteiger partial charge >= 0.3 is 12.1 Å². The van der Waals surface area contributed by atoms with Gasteiger partial charge in [0, 0.05) is 6.54 Å². The van der Waals surface area contributed by atoms with Crippen molar-refractivity contribution in [3.8, 4) is 0 Å². The van der Waals surface area contributed by atoms with E-state index in [0.717, 1.165) is 0 Å². The molecule has 98 valence electrons. The maximum Gasteiger partial charge on any atom is 0.471 e. The van der Waals surface area contributed by atoms with Gasteiger partial charge in [-0.1, -0.05) is 0 Å². The van der Waals surface area contributed by atoms with Crippen LogP contribution in [-0.4, -0.2) is 29.3 Å². The van der Waals surface area contributed by atoms with E-state index in [9.17, 15) is 23.1 Å². The summed E-state index contributed by atoms with van der Waals surface area (Å²) >= 11 is 0. The van der Waals surface area contributed by atoms with Crippen LogP contribution in [0.25, 0.3) is 0 Å². The first-order chi connectivity index (χ1) is 7.75. The lowest BCUT2D eigenvalue weighted by molar-refractivity contribution is -0.175. The van der Waals surface area contributed by atoms with Crippen LogP contribution < -0.4 is 5.32 Å². The molecule has 2 N–H and O–H groups in total. The summed E-state index contributed by atoms with van der Waals surface area (Å²) in [6.07, 6.45) is -0.815. The maximum absolute atomic E-state index is 12.1. The summed E-state index contributed by atoms with van der Waals surface area (Å²) < 4.78 is 36.2. The summed E-state index contributed by atoms with van der Waals surface area (Å²) in [5.41, 5.74) is -0.832. The van der Waals surface area contributed by atoms with E-state index in [0.29, 0.717) is 38.5 Å². The second-order valence-corrected chi connectivity index (χ2v) is 5.40. The minimum Gasteiger partial charge on any atom is -0.390 e. The zero-order valence-electron chi connectivity index (χ0n) is 9.44. The molecule has 3 aliphatic carbocycles. The normalized spacial score (nSPS) is 36.9. The molecular formula is C11H16F3NO2. The summed E-state index contributed by atoms with van der Waals surface area (Å²) in [5.74, 6) is -1.86. The molecule has 3 rings (SSSR count). The smallest absolute Gasteiger partial charge is 0.390 e. The molecule has 0 heterocycles. The Morgan fingerprint density at radius 3 is 2.00 bits per heavy atom. The summed E-state index contributed by atoms with van der Waals surface area (Å²) in [6, 6.07) is 0. The van der Waals surface area contributed by atoms with Gasteiger partial charge in [-0.25, -0.2) is 0 Å². The number of aliphatic hydroxyl groups is 1. The lowest BCUT2D eigenvalue weighted by Gasteiger charge is -2.51. The van der Waals surface area contributed by atoms with E-state index >= 15 is 0 Å². The summed E-state index contributed by atoms with van der Waals surface area (Å²) in [5, 5.41) is 11.9. The van der Waals surface area contributed by atoms with Gasteiger partial charge in [0.05, 0.1) is 5.60 Å². The highest BCUT2D eigenvalue weighted by Gasteiger charge is 2.48. The molecule has 17 heavy (non-hydrogen) atoms. The third kappa shape index (κ3) is 2.56. The SMILES string of the molecule is O=C(NCC12CCC(O)(CC1)CC2)C(F)(F)F. The van der Waals surface area contributed by atoms with E-state index in [4.69, 9.17) is 0 Å². The summed E-state index contributed by atoms with van der Waals surface area (Å²) in [6.45, 7) is 0.0709. The number of hydrogen-bond donors (Lipinski definition) is 2. The van der Waals surface area contributed by atoms with Gasteiger partial charge in [0.15, 0.2) is 0 Å². The van der Waals surface area contributed by atoms with Gasteiger partial charge in [0.2, 0.25) is 0 Å². The van der Waals surface area contributed by atoms with Gasteiger partial charge in [-0.2, -0.15) is 13.2 Å². The standard InChI is InChI=1S/C11H16F3NO2/c12-11(13,14)8(16)15-7-9-1-4-10(17,5-2-9)6-3-9/h17H,1-7H2,(H,15,16). The Kier molecular flexibility index (Phi) is 2.88. The molecule has 0 radical (unpaired) electrons. The van der Waals surface area contributed by atoms with Crippen LogP contribution in [0.15, 0.2) is 0 Å². The number of rotatable bonds is 2. The highest BCUT2D eigenvalue weighted by Crippen LogP contribution is 2.51. The average Bonchev–Trinajstić information content (AvgIpc) is 2.27. The molecule has 1 amide bonds. The van der Waals surface area contributed by atoms with Crippen molar-refractivity contribution >= 4 is 5.91 Å². The summed E-state index contributed by atoms with van der Waals surface area (Å²) in [4.78, 5) is 10.8. The molecule has 0 aliphatic heterocycles. The molecule has 2 bridgehead atoms. The quantitative estimate of drug-likeness (QED) is 0.785. The molecule has 3 aliphatic rings. The van der Waals surface area contributed by atoms with Gasteiger partial charge in [0.25, 0.3) is 0 Å². The highest BCUT2D eigenvalue weighted by molar-refractivity contribution is 5.81. The lowest BCUT2D eigenvalue weighted by Crippen LogP contribution is -2.51. The fourth-order valence-corrected chi connectivity index (χ4v) is 2.88. The number of hydrogen-bond acceptors (Lipinski definition) is 2. The maximum atomic E-state index is 12.1. The van der Waals surface area contributed by atoms with Crippen LogP contribution in [-0.2, 0) is 4.79 Å². The summed E-state index contributed by atoms with van der Waals surface area (Å²) in [7, 11) is 0. The molecule has 3 nitrogen and oxygen atoms in total. The number of fused-ring (bicyclic) bond motifs is 3. The number of alkyl halides is 3. The van der Waals surface area contributed by atoms with Crippen molar-refractivity contribution in [3.63, 3.8) is 0 Å². The Morgan fingerprint density at radius 2 is 1.59 bits per heavy atom. The second kappa shape index (κ2) is 3.86. The second-order valence-electron chi connectivity index (χ2n) is 5.40. The molecule has 0 aromatic heterocycles. The van der Waals surface area contributed by atoms with Gasteiger partial charge in [-0.15, -0.1) is 0 Å². The number of halogens is 3. The predicted molar refractivity (Wildman–Crippen MR) is 54.1 cm³/mol. The predicted octanol–water partition coefficient (Wildman–Crippen LogP) is 1.75. The van der Waals surface area contributed by atoms with E-state index in [1.807, 2.05) is 5.32 Å². The highest BCUT2D eigenvalue weighted by atomic mass is 19.4. The lowest BCUT2D eigenvalue weighted by atomic mass is 9.58. The minimum absolute atomic E-state index is 0.0709. The van der Waals surface area contributed by atoms with Crippen molar-refractivity contribution in [1.29, 1.82) is 0 Å². The molecule has 0 atom stereocenters. The Bertz CT molecular complexity index is 303. The Labute approximate surface area is 97.4 Å². The average molecular weight is 251 g/mol. The monoisotopic (exact) mass is 251 g/mol. The number of amides is 1. The Hall–Kier alpha value is -0.780. The largest absolute Gasteiger partial charge is 0.471 e. The van der Waals surface area contributed by atoms with Crippen LogP contribution in [0.2, 0.25) is 0 Å². The van der Waals surface area contributed by atoms with Gasteiger partial charge in [-0.05, 0) is 43.9 Å². The van der Waals surface area contributed by atoms with Crippen molar-refractivity contribution in [2.45, 2.75) is 50.3 Å². The van der Waals surface area contributed by atoms with Crippen molar-refractivity contribution in [2.75, 3.05) is 6.54 Å². The van der Waals surface area contributed by atoms with Crippen molar-refractivity contribution in [3.05, 3.63) is 0 Å². The van der Waals surface area contributed by atoms with E-state index in [-0.39, 0.29) is 12.0 Å². The van der Waals surface area contributed by atoms with Gasteiger partial charge < -0.3 is 10.4 Å². The first-order valence-electron chi connectivity index (χ1n) is 5.82. The molecule has 0 aromatic carbocycles. The van der Waals surface area contributed by atoms with E-state index in [2.05, 4.69) is 0 Å². The molecule has 0 saturated heterocycles. The zero-order chi connectivity index (χ0) is 12.7. The fourth-order valence-electron chi connectivity index (χ4n) is 2.88. The van der Waals surface area contributed by atoms with Crippen molar-refractivity contribution < 1.29 is 23.1 Å². The van der Waals surface area contributed by atoms with Crippen LogP contribution in [0.3, 0.4) is 0 Å². The first-order valence-corrected chi connectivity index (χ1v) is 5.82. The zero-order valence-corrected chi connectivity index (χ0v) is 9.44. The van der Waals surface area contributed by atoms with Crippen LogP contribution in [0.1, 0.15) is 38.5 Å². The fraction of sp³-hybridized carbons (Fsp3) is 0.909. The number of carbonyl (C=O) groups excluding carboxylic acids is 1. The van der Waals surface area contributed by atoms with Crippen LogP contribution in [0.4, 0.5) is 13.2 Å². The molecule has 0 unspecified atom stereocenters. The molecular weight excluding hydrogens is 235 g/mol. The van der Waals surface area contributed by atoms with Crippen molar-refractivity contribution in [1.82, 2.24) is 5.32 Å². The molecule has 6 heteroatoms. The number of nitrogens with one attached hydrogen (secondary N) is 1. The van der Waals surface area contributed by atoms with Crippen LogP contribution in [0, 0.1) is 5.41 Å². The van der Waals surface area contributed by atoms with Crippen LogP contribution in [0.5, 0.6) is 0 Å². The van der Waals surface area contributed by atoms with E-state index in [1.165, 1.54) is 0 Å². The van der Waals surface area contributed by atoms with Crippen molar-refractivity contribution in [2.24, 2.45) is 5.41 Å². The Morgan fingerprint density at radius 1 is 1.12 bits per heavy atom. The van der Waals surface area contributed by atoms with Gasteiger partial charge in [-0.3, -0.25) is 4.79 Å². The molecule has 3 fully saturated rings. The van der Waals surface area contributed by atoms with Gasteiger partial charge in [0.1, 0.15) is 0 Å².